The standard InChI is InChI=1S/C23H22N2OS2/c1-25-22-19-11-6-5-10-18(19)13-14-20(22)28-23(25)24-21(26)12-7-15-27-16-17-8-3-2-4-9-17/h2-6,8-11,13-14H,7,12,15-16H2,1H3. The summed E-state index contributed by atoms with van der Waals surface area (Å²) >= 11 is 3.44. The molecule has 0 bridgehead atoms. The highest BCUT2D eigenvalue weighted by molar-refractivity contribution is 7.98. The van der Waals surface area contributed by atoms with Gasteiger partial charge in [0.05, 0.1) is 10.2 Å². The topological polar surface area (TPSA) is 34.4 Å². The predicted octanol–water partition coefficient (Wildman–Crippen LogP) is 5.53. The monoisotopic (exact) mass is 406 g/mol. The molecule has 0 aliphatic rings. The van der Waals surface area contributed by atoms with E-state index in [9.17, 15) is 4.79 Å². The van der Waals surface area contributed by atoms with Gasteiger partial charge in [0.2, 0.25) is 5.91 Å². The van der Waals surface area contributed by atoms with E-state index < -0.39 is 0 Å². The average molecular weight is 407 g/mol. The Hall–Kier alpha value is -2.37. The van der Waals surface area contributed by atoms with E-state index in [1.165, 1.54) is 16.3 Å². The lowest BCUT2D eigenvalue weighted by atomic mass is 10.1. The fourth-order valence-corrected chi connectivity index (χ4v) is 5.25. The minimum Gasteiger partial charge on any atom is -0.319 e. The zero-order valence-corrected chi connectivity index (χ0v) is 17.4. The molecule has 0 radical (unpaired) electrons. The van der Waals surface area contributed by atoms with Crippen LogP contribution < -0.4 is 4.80 Å². The molecule has 0 saturated heterocycles. The Bertz CT molecular complexity index is 1180. The normalized spacial score (nSPS) is 12.1. The van der Waals surface area contributed by atoms with Gasteiger partial charge in [0.1, 0.15) is 0 Å². The van der Waals surface area contributed by atoms with Gasteiger partial charge in [0.15, 0.2) is 4.80 Å². The molecule has 0 atom stereocenters. The lowest BCUT2D eigenvalue weighted by molar-refractivity contribution is -0.118. The van der Waals surface area contributed by atoms with Gasteiger partial charge >= 0.3 is 0 Å². The van der Waals surface area contributed by atoms with Gasteiger partial charge in [0.25, 0.3) is 0 Å². The van der Waals surface area contributed by atoms with Crippen molar-refractivity contribution in [1.29, 1.82) is 0 Å². The van der Waals surface area contributed by atoms with Gasteiger partial charge in [-0.1, -0.05) is 72.0 Å². The van der Waals surface area contributed by atoms with Crippen molar-refractivity contribution in [3.05, 3.63) is 77.1 Å². The van der Waals surface area contributed by atoms with Crippen molar-refractivity contribution in [2.75, 3.05) is 5.75 Å². The molecule has 0 spiro atoms. The number of carbonyl (C=O) groups is 1. The van der Waals surface area contributed by atoms with E-state index >= 15 is 0 Å². The molecule has 142 valence electrons. The van der Waals surface area contributed by atoms with Gasteiger partial charge in [-0.15, -0.1) is 0 Å². The molecular weight excluding hydrogens is 384 g/mol. The number of carbonyl (C=O) groups excluding carboxylic acids is 1. The van der Waals surface area contributed by atoms with E-state index in [4.69, 9.17) is 0 Å². The first-order chi connectivity index (χ1) is 13.7. The van der Waals surface area contributed by atoms with Gasteiger partial charge in [-0.2, -0.15) is 16.8 Å². The molecule has 1 aromatic heterocycles. The molecule has 0 N–H and O–H groups in total. The lowest BCUT2D eigenvalue weighted by Crippen LogP contribution is -2.13. The Balaban J connectivity index is 1.42. The second-order valence-electron chi connectivity index (χ2n) is 6.72. The van der Waals surface area contributed by atoms with Crippen molar-refractivity contribution in [3.63, 3.8) is 0 Å². The van der Waals surface area contributed by atoms with Crippen LogP contribution in [0, 0.1) is 0 Å². The molecule has 3 aromatic carbocycles. The fraction of sp³-hybridized carbons (Fsp3) is 0.217. The molecule has 1 heterocycles. The second kappa shape index (κ2) is 8.76. The number of rotatable bonds is 6. The maximum atomic E-state index is 12.4. The molecule has 5 heteroatoms. The molecule has 0 unspecified atom stereocenters. The van der Waals surface area contributed by atoms with Gasteiger partial charge < -0.3 is 4.57 Å². The van der Waals surface area contributed by atoms with E-state index in [0.29, 0.717) is 6.42 Å². The summed E-state index contributed by atoms with van der Waals surface area (Å²) in [5.74, 6) is 1.93. The van der Waals surface area contributed by atoms with Crippen molar-refractivity contribution in [2.24, 2.45) is 12.0 Å². The minimum atomic E-state index is -0.0354. The highest BCUT2D eigenvalue weighted by Gasteiger charge is 2.08. The van der Waals surface area contributed by atoms with Crippen molar-refractivity contribution in [2.45, 2.75) is 18.6 Å². The van der Waals surface area contributed by atoms with E-state index in [1.807, 2.05) is 35.5 Å². The zero-order valence-electron chi connectivity index (χ0n) is 15.8. The number of hydrogen-bond acceptors (Lipinski definition) is 3. The Labute approximate surface area is 172 Å². The summed E-state index contributed by atoms with van der Waals surface area (Å²) in [6.45, 7) is 0. The van der Waals surface area contributed by atoms with Crippen molar-refractivity contribution < 1.29 is 4.79 Å². The molecule has 0 fully saturated rings. The molecule has 3 nitrogen and oxygen atoms in total. The van der Waals surface area contributed by atoms with Gasteiger partial charge in [-0.3, -0.25) is 4.79 Å². The van der Waals surface area contributed by atoms with Crippen LogP contribution in [0.2, 0.25) is 0 Å². The second-order valence-corrected chi connectivity index (χ2v) is 8.84. The molecule has 0 aliphatic heterocycles. The summed E-state index contributed by atoms with van der Waals surface area (Å²) in [6.07, 6.45) is 1.36. The Kier molecular flexibility index (Phi) is 5.93. The van der Waals surface area contributed by atoms with Crippen LogP contribution in [0.5, 0.6) is 0 Å². The largest absolute Gasteiger partial charge is 0.319 e. The number of hydrogen-bond donors (Lipinski definition) is 0. The zero-order chi connectivity index (χ0) is 19.3. The molecular formula is C23H22N2OS2. The summed E-state index contributed by atoms with van der Waals surface area (Å²) in [7, 11) is 1.99. The van der Waals surface area contributed by atoms with E-state index in [0.717, 1.165) is 32.9 Å². The molecule has 1 amide bonds. The number of thiazole rings is 1. The number of aromatic nitrogens is 1. The van der Waals surface area contributed by atoms with Gasteiger partial charge in [-0.25, -0.2) is 0 Å². The maximum Gasteiger partial charge on any atom is 0.248 e. The number of fused-ring (bicyclic) bond motifs is 3. The smallest absolute Gasteiger partial charge is 0.248 e. The lowest BCUT2D eigenvalue weighted by Gasteiger charge is -2.02. The number of benzene rings is 3. The molecule has 4 rings (SSSR count). The number of amides is 1. The first kappa shape index (κ1) is 19.0. The Morgan fingerprint density at radius 3 is 2.68 bits per heavy atom. The van der Waals surface area contributed by atoms with Crippen LogP contribution >= 0.6 is 23.1 Å². The summed E-state index contributed by atoms with van der Waals surface area (Å²) in [4.78, 5) is 17.5. The highest BCUT2D eigenvalue weighted by Crippen LogP contribution is 2.26. The van der Waals surface area contributed by atoms with Gasteiger partial charge in [-0.05, 0) is 29.2 Å². The van der Waals surface area contributed by atoms with Crippen molar-refractivity contribution in [3.8, 4) is 0 Å². The quantitative estimate of drug-likeness (QED) is 0.394. The van der Waals surface area contributed by atoms with Crippen molar-refractivity contribution in [1.82, 2.24) is 4.57 Å². The molecule has 0 aliphatic carbocycles. The number of aryl methyl sites for hydroxylation is 1. The Morgan fingerprint density at radius 1 is 1.04 bits per heavy atom. The van der Waals surface area contributed by atoms with E-state index in [1.54, 1.807) is 11.3 Å². The predicted molar refractivity (Wildman–Crippen MR) is 121 cm³/mol. The third-order valence-corrected chi connectivity index (χ3v) is 6.91. The van der Waals surface area contributed by atoms with Crippen LogP contribution in [0.15, 0.2) is 71.7 Å². The number of nitrogens with zero attached hydrogens (tertiary/aromatic N) is 2. The molecule has 4 aromatic rings. The summed E-state index contributed by atoms with van der Waals surface area (Å²) < 4.78 is 3.20. The highest BCUT2D eigenvalue weighted by atomic mass is 32.2. The van der Waals surface area contributed by atoms with Crippen LogP contribution in [0.25, 0.3) is 21.0 Å². The average Bonchev–Trinajstić information content (AvgIpc) is 3.04. The SMILES string of the molecule is Cn1c(=NC(=O)CCCSCc2ccccc2)sc2ccc3ccccc3c21. The third kappa shape index (κ3) is 4.21. The maximum absolute atomic E-state index is 12.4. The Morgan fingerprint density at radius 2 is 1.82 bits per heavy atom. The first-order valence-electron chi connectivity index (χ1n) is 9.39. The fourth-order valence-electron chi connectivity index (χ4n) is 3.28. The van der Waals surface area contributed by atoms with Crippen LogP contribution in [-0.4, -0.2) is 16.2 Å². The van der Waals surface area contributed by atoms with Crippen molar-refractivity contribution >= 4 is 50.0 Å². The summed E-state index contributed by atoms with van der Waals surface area (Å²) in [5.41, 5.74) is 2.47. The van der Waals surface area contributed by atoms with E-state index in [-0.39, 0.29) is 5.91 Å². The van der Waals surface area contributed by atoms with Crippen LogP contribution in [0.4, 0.5) is 0 Å². The first-order valence-corrected chi connectivity index (χ1v) is 11.4. The van der Waals surface area contributed by atoms with Crippen LogP contribution in [0.3, 0.4) is 0 Å². The van der Waals surface area contributed by atoms with Gasteiger partial charge in [0, 0.05) is 24.6 Å². The minimum absolute atomic E-state index is 0.0354. The van der Waals surface area contributed by atoms with Crippen LogP contribution in [-0.2, 0) is 17.6 Å². The molecule has 0 saturated carbocycles. The van der Waals surface area contributed by atoms with E-state index in [2.05, 4.69) is 59.6 Å². The third-order valence-electron chi connectivity index (χ3n) is 4.70. The number of thioether (sulfide) groups is 1. The summed E-state index contributed by atoms with van der Waals surface area (Å²) in [6, 6.07) is 23.0. The molecule has 28 heavy (non-hydrogen) atoms. The summed E-state index contributed by atoms with van der Waals surface area (Å²) in [5, 5.41) is 2.40. The van der Waals surface area contributed by atoms with Crippen LogP contribution in [0.1, 0.15) is 18.4 Å².